The maximum atomic E-state index is 11.8. The van der Waals surface area contributed by atoms with Crippen LogP contribution in [0.2, 0.25) is 0 Å². The van der Waals surface area contributed by atoms with Crippen molar-refractivity contribution in [3.8, 4) is 0 Å². The number of carbonyl (C=O) groups is 3. The van der Waals surface area contributed by atoms with E-state index in [1.54, 1.807) is 13.8 Å². The quantitative estimate of drug-likeness (QED) is 0.537. The van der Waals surface area contributed by atoms with E-state index in [0.717, 1.165) is 0 Å². The van der Waals surface area contributed by atoms with E-state index in [1.807, 2.05) is 13.8 Å². The molecular weight excluding hydrogens is 250 g/mol. The molecular formula is C12H23N3O4. The fourth-order valence-corrected chi connectivity index (χ4v) is 1.63. The van der Waals surface area contributed by atoms with E-state index in [2.05, 4.69) is 10.6 Å². The van der Waals surface area contributed by atoms with Crippen molar-refractivity contribution in [1.82, 2.24) is 10.6 Å². The molecule has 7 nitrogen and oxygen atoms in total. The zero-order valence-corrected chi connectivity index (χ0v) is 11.8. The first kappa shape index (κ1) is 17.2. The Kier molecular flexibility index (Phi) is 6.31. The number of hydrogen-bond donors (Lipinski definition) is 4. The van der Waals surface area contributed by atoms with Crippen LogP contribution in [0.25, 0.3) is 0 Å². The van der Waals surface area contributed by atoms with Gasteiger partial charge >= 0.3 is 12.0 Å². The number of carboxylic acid groups (broad SMARTS) is 1. The third kappa shape index (κ3) is 8.01. The predicted octanol–water partition coefficient (Wildman–Crippen LogP) is 0.439. The summed E-state index contributed by atoms with van der Waals surface area (Å²) < 4.78 is 0. The maximum Gasteiger partial charge on any atom is 0.315 e. The van der Waals surface area contributed by atoms with Gasteiger partial charge in [-0.1, -0.05) is 13.8 Å². The molecule has 0 fully saturated rings. The number of aliphatic carboxylic acids is 1. The molecule has 0 aliphatic heterocycles. The molecule has 110 valence electrons. The second kappa shape index (κ2) is 6.96. The van der Waals surface area contributed by atoms with Crippen LogP contribution in [0.5, 0.6) is 0 Å². The normalized spacial score (nSPS) is 12.9. The van der Waals surface area contributed by atoms with Crippen LogP contribution in [-0.4, -0.2) is 34.6 Å². The number of rotatable bonds is 7. The molecule has 0 aliphatic carbocycles. The highest BCUT2D eigenvalue weighted by Gasteiger charge is 2.25. The number of nitrogens with two attached hydrogens (primary N) is 1. The van der Waals surface area contributed by atoms with Gasteiger partial charge in [-0.05, 0) is 19.8 Å². The standard InChI is InChI=1S/C12H23N3O4/c1-7(2)8(5-10(17)18)14-11(19)15-12(3,4)6-9(13)16/h7-8H,5-6H2,1-4H3,(H2,13,16)(H,17,18)(H2,14,15,19). The number of carbonyl (C=O) groups excluding carboxylic acids is 2. The molecule has 19 heavy (non-hydrogen) atoms. The van der Waals surface area contributed by atoms with E-state index in [1.165, 1.54) is 0 Å². The molecule has 0 radical (unpaired) electrons. The fourth-order valence-electron chi connectivity index (χ4n) is 1.63. The van der Waals surface area contributed by atoms with Crippen LogP contribution in [-0.2, 0) is 9.59 Å². The number of hydrogen-bond acceptors (Lipinski definition) is 3. The van der Waals surface area contributed by atoms with Gasteiger partial charge in [0.2, 0.25) is 5.91 Å². The molecule has 1 unspecified atom stereocenters. The number of nitrogens with one attached hydrogen (secondary N) is 2. The fraction of sp³-hybridized carbons (Fsp3) is 0.750. The van der Waals surface area contributed by atoms with Gasteiger partial charge in [-0.25, -0.2) is 4.79 Å². The van der Waals surface area contributed by atoms with Crippen molar-refractivity contribution >= 4 is 17.9 Å². The SMILES string of the molecule is CC(C)C(CC(=O)O)NC(=O)NC(C)(C)CC(N)=O. The smallest absolute Gasteiger partial charge is 0.315 e. The molecule has 3 amide bonds. The Labute approximate surface area is 112 Å². The van der Waals surface area contributed by atoms with Gasteiger partial charge in [0.15, 0.2) is 0 Å². The van der Waals surface area contributed by atoms with Gasteiger partial charge in [0.1, 0.15) is 0 Å². The monoisotopic (exact) mass is 273 g/mol. The minimum atomic E-state index is -0.976. The van der Waals surface area contributed by atoms with Crippen molar-refractivity contribution in [1.29, 1.82) is 0 Å². The lowest BCUT2D eigenvalue weighted by Crippen LogP contribution is -2.53. The van der Waals surface area contributed by atoms with E-state index in [9.17, 15) is 14.4 Å². The summed E-state index contributed by atoms with van der Waals surface area (Å²) in [6.07, 6.45) is -0.146. The summed E-state index contributed by atoms with van der Waals surface area (Å²) in [6, 6.07) is -0.979. The highest BCUT2D eigenvalue weighted by Crippen LogP contribution is 2.09. The van der Waals surface area contributed by atoms with Crippen molar-refractivity contribution in [2.45, 2.75) is 52.1 Å². The summed E-state index contributed by atoms with van der Waals surface area (Å²) in [5.41, 5.74) is 4.30. The summed E-state index contributed by atoms with van der Waals surface area (Å²) >= 11 is 0. The van der Waals surface area contributed by atoms with E-state index >= 15 is 0 Å². The summed E-state index contributed by atoms with van der Waals surface area (Å²) in [7, 11) is 0. The molecule has 0 rings (SSSR count). The molecule has 0 heterocycles. The first-order chi connectivity index (χ1) is 8.53. The summed E-state index contributed by atoms with van der Waals surface area (Å²) in [5.74, 6) is -1.51. The average molecular weight is 273 g/mol. The first-order valence-corrected chi connectivity index (χ1v) is 6.12. The summed E-state index contributed by atoms with van der Waals surface area (Å²) in [6.45, 7) is 6.97. The van der Waals surface area contributed by atoms with Crippen molar-refractivity contribution in [2.75, 3.05) is 0 Å². The van der Waals surface area contributed by atoms with Gasteiger partial charge in [-0.3, -0.25) is 9.59 Å². The maximum absolute atomic E-state index is 11.8. The van der Waals surface area contributed by atoms with Crippen LogP contribution < -0.4 is 16.4 Å². The first-order valence-electron chi connectivity index (χ1n) is 6.12. The van der Waals surface area contributed by atoms with Crippen LogP contribution in [0.1, 0.15) is 40.5 Å². The lowest BCUT2D eigenvalue weighted by atomic mass is 9.99. The molecule has 0 spiro atoms. The zero-order valence-electron chi connectivity index (χ0n) is 11.8. The Morgan fingerprint density at radius 3 is 2.16 bits per heavy atom. The van der Waals surface area contributed by atoms with Crippen LogP contribution in [0.4, 0.5) is 4.79 Å². The third-order valence-corrected chi connectivity index (χ3v) is 2.58. The highest BCUT2D eigenvalue weighted by atomic mass is 16.4. The number of amides is 3. The lowest BCUT2D eigenvalue weighted by molar-refractivity contribution is -0.137. The van der Waals surface area contributed by atoms with Crippen LogP contribution in [0, 0.1) is 5.92 Å². The van der Waals surface area contributed by atoms with E-state index in [0.29, 0.717) is 0 Å². The number of carboxylic acids is 1. The molecule has 0 aromatic heterocycles. The number of primary amides is 1. The minimum Gasteiger partial charge on any atom is -0.481 e. The van der Waals surface area contributed by atoms with Crippen molar-refractivity contribution < 1.29 is 19.5 Å². The van der Waals surface area contributed by atoms with E-state index in [-0.39, 0.29) is 18.8 Å². The van der Waals surface area contributed by atoms with Gasteiger partial charge in [0.25, 0.3) is 0 Å². The Morgan fingerprint density at radius 2 is 1.79 bits per heavy atom. The van der Waals surface area contributed by atoms with Crippen molar-refractivity contribution in [3.05, 3.63) is 0 Å². The molecule has 0 saturated carbocycles. The summed E-state index contributed by atoms with van der Waals surface area (Å²) in [4.78, 5) is 33.3. The Morgan fingerprint density at radius 1 is 1.26 bits per heavy atom. The third-order valence-electron chi connectivity index (χ3n) is 2.58. The van der Waals surface area contributed by atoms with E-state index < -0.39 is 29.5 Å². The van der Waals surface area contributed by atoms with Gasteiger partial charge in [-0.2, -0.15) is 0 Å². The lowest BCUT2D eigenvalue weighted by Gasteiger charge is -2.27. The second-order valence-electron chi connectivity index (χ2n) is 5.57. The van der Waals surface area contributed by atoms with Crippen molar-refractivity contribution in [2.24, 2.45) is 11.7 Å². The van der Waals surface area contributed by atoms with Crippen LogP contribution >= 0.6 is 0 Å². The minimum absolute atomic E-state index is 0.00565. The topological polar surface area (TPSA) is 122 Å². The Bertz CT molecular complexity index is 353. The Hall–Kier alpha value is -1.79. The van der Waals surface area contributed by atoms with E-state index in [4.69, 9.17) is 10.8 Å². The van der Waals surface area contributed by atoms with Crippen LogP contribution in [0.15, 0.2) is 0 Å². The summed E-state index contributed by atoms with van der Waals surface area (Å²) in [5, 5.41) is 14.0. The Balaban J connectivity index is 4.49. The molecule has 1 atom stereocenters. The molecule has 7 heteroatoms. The van der Waals surface area contributed by atoms with Gasteiger partial charge in [-0.15, -0.1) is 0 Å². The van der Waals surface area contributed by atoms with Gasteiger partial charge < -0.3 is 21.5 Å². The number of urea groups is 1. The van der Waals surface area contributed by atoms with Gasteiger partial charge in [0.05, 0.1) is 6.42 Å². The molecule has 0 bridgehead atoms. The molecule has 0 aliphatic rings. The highest BCUT2D eigenvalue weighted by molar-refractivity contribution is 5.79. The van der Waals surface area contributed by atoms with Crippen LogP contribution in [0.3, 0.4) is 0 Å². The molecule has 0 aromatic carbocycles. The largest absolute Gasteiger partial charge is 0.481 e. The average Bonchev–Trinajstić information content (AvgIpc) is 2.11. The van der Waals surface area contributed by atoms with Gasteiger partial charge in [0, 0.05) is 18.0 Å². The molecule has 0 saturated heterocycles. The zero-order chi connectivity index (χ0) is 15.2. The van der Waals surface area contributed by atoms with Crippen molar-refractivity contribution in [3.63, 3.8) is 0 Å². The predicted molar refractivity (Wildman–Crippen MR) is 70.4 cm³/mol. The molecule has 5 N–H and O–H groups in total. The second-order valence-corrected chi connectivity index (χ2v) is 5.57. The molecule has 0 aromatic rings.